The van der Waals surface area contributed by atoms with Crippen LogP contribution in [0.15, 0.2) is 18.2 Å². The van der Waals surface area contributed by atoms with Crippen molar-refractivity contribution in [3.8, 4) is 0 Å². The van der Waals surface area contributed by atoms with Gasteiger partial charge in [-0.15, -0.1) is 0 Å². The molecule has 1 aromatic carbocycles. The van der Waals surface area contributed by atoms with Gasteiger partial charge in [0.15, 0.2) is 0 Å². The van der Waals surface area contributed by atoms with E-state index in [4.69, 9.17) is 0 Å². The molecule has 0 spiro atoms. The number of anilines is 1. The molecule has 0 saturated carbocycles. The number of nitrogens with zero attached hydrogens (tertiary/aromatic N) is 2. The Hall–Kier alpha value is -1.96. The maximum atomic E-state index is 11.8. The second-order valence-electron chi connectivity index (χ2n) is 4.29. The molecule has 1 atom stereocenters. The fraction of sp³-hybridized carbons (Fsp3) is 0.333. The molecule has 1 aromatic rings. The van der Waals surface area contributed by atoms with Crippen molar-refractivity contribution < 1.29 is 19.2 Å². The molecule has 1 heterocycles. The molecule has 106 valence electrons. The van der Waals surface area contributed by atoms with Gasteiger partial charge in [-0.05, 0) is 6.07 Å². The van der Waals surface area contributed by atoms with Crippen molar-refractivity contribution in [2.24, 2.45) is 0 Å². The number of hydrogen-bond acceptors (Lipinski definition) is 5. The highest BCUT2D eigenvalue weighted by atomic mass is 79.9. The van der Waals surface area contributed by atoms with E-state index >= 15 is 0 Å². The van der Waals surface area contributed by atoms with E-state index in [-0.39, 0.29) is 22.0 Å². The third kappa shape index (κ3) is 2.79. The lowest BCUT2D eigenvalue weighted by atomic mass is 10.1. The molecule has 2 rings (SSSR count). The number of alkyl halides is 1. The van der Waals surface area contributed by atoms with Crippen LogP contribution in [0.4, 0.5) is 11.4 Å². The van der Waals surface area contributed by atoms with Crippen LogP contribution in [-0.2, 0) is 9.53 Å². The zero-order valence-electron chi connectivity index (χ0n) is 10.5. The van der Waals surface area contributed by atoms with Crippen LogP contribution in [0.25, 0.3) is 0 Å². The monoisotopic (exact) mass is 342 g/mol. The van der Waals surface area contributed by atoms with E-state index in [2.05, 4.69) is 20.7 Å². The Morgan fingerprint density at radius 3 is 2.70 bits per heavy atom. The van der Waals surface area contributed by atoms with Gasteiger partial charge in [-0.3, -0.25) is 14.9 Å². The molecule has 0 aromatic heterocycles. The van der Waals surface area contributed by atoms with Gasteiger partial charge in [0.05, 0.1) is 23.3 Å². The van der Waals surface area contributed by atoms with Crippen molar-refractivity contribution in [3.05, 3.63) is 33.9 Å². The Morgan fingerprint density at radius 2 is 2.20 bits per heavy atom. The highest BCUT2D eigenvalue weighted by Gasteiger charge is 2.30. The number of benzene rings is 1. The maximum absolute atomic E-state index is 11.8. The molecule has 1 unspecified atom stereocenters. The van der Waals surface area contributed by atoms with Crippen LogP contribution in [0.1, 0.15) is 16.8 Å². The molecular weight excluding hydrogens is 332 g/mol. The van der Waals surface area contributed by atoms with Gasteiger partial charge in [0.25, 0.3) is 5.69 Å². The number of nitro benzene ring substituents is 1. The first kappa shape index (κ1) is 14.4. The van der Waals surface area contributed by atoms with Gasteiger partial charge in [0.2, 0.25) is 5.91 Å². The summed E-state index contributed by atoms with van der Waals surface area (Å²) < 4.78 is 4.56. The number of non-ortho nitro benzene ring substituents is 1. The quantitative estimate of drug-likeness (QED) is 0.362. The fourth-order valence-corrected chi connectivity index (χ4v) is 2.57. The lowest BCUT2D eigenvalue weighted by Gasteiger charge is -2.16. The van der Waals surface area contributed by atoms with Crippen molar-refractivity contribution >= 4 is 39.2 Å². The number of nitro groups is 1. The number of rotatable bonds is 3. The molecule has 0 radical (unpaired) electrons. The Morgan fingerprint density at radius 1 is 1.50 bits per heavy atom. The summed E-state index contributed by atoms with van der Waals surface area (Å²) in [5.41, 5.74) is 0.114. The van der Waals surface area contributed by atoms with Crippen molar-refractivity contribution in [1.29, 1.82) is 0 Å². The molecule has 8 heteroatoms. The van der Waals surface area contributed by atoms with Crippen LogP contribution < -0.4 is 4.90 Å². The fourth-order valence-electron chi connectivity index (χ4n) is 2.01. The maximum Gasteiger partial charge on any atom is 0.338 e. The normalized spacial score (nSPS) is 18.2. The molecule has 7 nitrogen and oxygen atoms in total. The van der Waals surface area contributed by atoms with Crippen molar-refractivity contribution in [3.63, 3.8) is 0 Å². The van der Waals surface area contributed by atoms with Crippen LogP contribution in [0.3, 0.4) is 0 Å². The summed E-state index contributed by atoms with van der Waals surface area (Å²) in [5, 5.41) is 10.9. The molecule has 20 heavy (non-hydrogen) atoms. The zero-order chi connectivity index (χ0) is 14.9. The Bertz CT molecular complexity index is 589. The van der Waals surface area contributed by atoms with Gasteiger partial charge in [-0.2, -0.15) is 0 Å². The second-order valence-corrected chi connectivity index (χ2v) is 5.59. The van der Waals surface area contributed by atoms with Gasteiger partial charge in [0, 0.05) is 29.9 Å². The second kappa shape index (κ2) is 5.58. The summed E-state index contributed by atoms with van der Waals surface area (Å²) >= 11 is 3.34. The summed E-state index contributed by atoms with van der Waals surface area (Å²) in [5.74, 6) is -0.833. The number of amides is 1. The molecule has 1 amide bonds. The van der Waals surface area contributed by atoms with E-state index in [0.717, 1.165) is 6.07 Å². The zero-order valence-corrected chi connectivity index (χ0v) is 12.1. The molecule has 1 fully saturated rings. The number of esters is 1. The van der Waals surface area contributed by atoms with Gasteiger partial charge < -0.3 is 9.64 Å². The summed E-state index contributed by atoms with van der Waals surface area (Å²) in [4.78, 5) is 35.1. The van der Waals surface area contributed by atoms with E-state index in [1.165, 1.54) is 24.1 Å². The minimum atomic E-state index is -0.683. The summed E-state index contributed by atoms with van der Waals surface area (Å²) in [6.45, 7) is 0.403. The molecule has 1 saturated heterocycles. The predicted octanol–water partition coefficient (Wildman–Crippen LogP) is 1.88. The Labute approximate surface area is 122 Å². The highest BCUT2D eigenvalue weighted by Crippen LogP contribution is 2.29. The first-order chi connectivity index (χ1) is 9.42. The van der Waals surface area contributed by atoms with Gasteiger partial charge in [0.1, 0.15) is 0 Å². The SMILES string of the molecule is COC(=O)c1cc(N2CC(Br)CC2=O)cc([N+](=O)[O-])c1. The first-order valence-corrected chi connectivity index (χ1v) is 6.66. The summed E-state index contributed by atoms with van der Waals surface area (Å²) in [6.07, 6.45) is 0.316. The summed E-state index contributed by atoms with van der Waals surface area (Å²) in [7, 11) is 1.19. The average molecular weight is 343 g/mol. The minimum absolute atomic E-state index is 0.00385. The van der Waals surface area contributed by atoms with Crippen molar-refractivity contribution in [2.45, 2.75) is 11.2 Å². The van der Waals surface area contributed by atoms with E-state index in [1.807, 2.05) is 0 Å². The van der Waals surface area contributed by atoms with Gasteiger partial charge in [-0.1, -0.05) is 15.9 Å². The third-order valence-corrected chi connectivity index (χ3v) is 3.54. The number of halogens is 1. The largest absolute Gasteiger partial charge is 0.465 e. The third-order valence-electron chi connectivity index (χ3n) is 2.92. The van der Waals surface area contributed by atoms with E-state index in [0.29, 0.717) is 18.7 Å². The van der Waals surface area contributed by atoms with E-state index in [9.17, 15) is 19.7 Å². The number of ether oxygens (including phenoxy) is 1. The Balaban J connectivity index is 2.47. The van der Waals surface area contributed by atoms with Crippen molar-refractivity contribution in [2.75, 3.05) is 18.6 Å². The van der Waals surface area contributed by atoms with E-state index < -0.39 is 10.9 Å². The molecule has 1 aliphatic rings. The van der Waals surface area contributed by atoms with Crippen LogP contribution in [0.5, 0.6) is 0 Å². The minimum Gasteiger partial charge on any atom is -0.465 e. The highest BCUT2D eigenvalue weighted by molar-refractivity contribution is 9.09. The molecule has 0 N–H and O–H groups in total. The molecular formula is C12H11BrN2O5. The Kier molecular flexibility index (Phi) is 4.03. The molecule has 0 bridgehead atoms. The number of hydrogen-bond donors (Lipinski definition) is 0. The summed E-state index contributed by atoms with van der Waals surface area (Å²) in [6, 6.07) is 3.82. The lowest BCUT2D eigenvalue weighted by molar-refractivity contribution is -0.384. The van der Waals surface area contributed by atoms with Gasteiger partial charge >= 0.3 is 5.97 Å². The topological polar surface area (TPSA) is 89.8 Å². The number of methoxy groups -OCH3 is 1. The molecule has 0 aliphatic carbocycles. The first-order valence-electron chi connectivity index (χ1n) is 5.74. The van der Waals surface area contributed by atoms with Crippen molar-refractivity contribution in [1.82, 2.24) is 0 Å². The van der Waals surface area contributed by atoms with Crippen LogP contribution in [-0.4, -0.2) is 35.3 Å². The van der Waals surface area contributed by atoms with Crippen LogP contribution in [0.2, 0.25) is 0 Å². The van der Waals surface area contributed by atoms with E-state index in [1.54, 1.807) is 0 Å². The lowest BCUT2D eigenvalue weighted by Crippen LogP contribution is -2.25. The number of carbonyl (C=O) groups is 2. The van der Waals surface area contributed by atoms with Crippen LogP contribution in [0, 0.1) is 10.1 Å². The predicted molar refractivity (Wildman–Crippen MR) is 74.1 cm³/mol. The average Bonchev–Trinajstić information content (AvgIpc) is 2.76. The number of carbonyl (C=O) groups excluding carboxylic acids is 2. The smallest absolute Gasteiger partial charge is 0.338 e. The standard InChI is InChI=1S/C12H11BrN2O5/c1-20-12(17)7-2-9(5-10(3-7)15(18)19)14-6-8(13)4-11(14)16/h2-3,5,8H,4,6H2,1H3. The van der Waals surface area contributed by atoms with Crippen LogP contribution >= 0.6 is 15.9 Å². The van der Waals surface area contributed by atoms with Gasteiger partial charge in [-0.25, -0.2) is 4.79 Å². The molecule has 1 aliphatic heterocycles.